The molecule has 0 radical (unpaired) electrons. The number of hydrogen-bond donors (Lipinski definition) is 0. The molecule has 1 aromatic carbocycles. The zero-order chi connectivity index (χ0) is 17.0. The third kappa shape index (κ3) is 9.77. The van der Waals surface area contributed by atoms with E-state index in [4.69, 9.17) is 4.18 Å². The van der Waals surface area contributed by atoms with Crippen LogP contribution in [0.4, 0.5) is 0 Å². The highest BCUT2D eigenvalue weighted by atomic mass is 32.2. The van der Waals surface area contributed by atoms with Gasteiger partial charge in [0.25, 0.3) is 10.1 Å². The molecule has 0 saturated carbocycles. The largest absolute Gasteiger partial charge is 0.271 e. The molecule has 0 amide bonds. The molecule has 132 valence electrons. The molecule has 0 aliphatic carbocycles. The highest BCUT2D eigenvalue weighted by Crippen LogP contribution is 2.19. The normalized spacial score (nSPS) is 13.1. The van der Waals surface area contributed by atoms with E-state index in [0.29, 0.717) is 12.5 Å². The summed E-state index contributed by atoms with van der Waals surface area (Å²) >= 11 is 0. The minimum atomic E-state index is -3.49. The summed E-state index contributed by atoms with van der Waals surface area (Å²) in [7, 11) is -3.49. The van der Waals surface area contributed by atoms with E-state index in [1.165, 1.54) is 25.7 Å². The van der Waals surface area contributed by atoms with Gasteiger partial charge in [-0.1, -0.05) is 82.7 Å². The average molecular weight is 341 g/mol. The van der Waals surface area contributed by atoms with Crippen molar-refractivity contribution in [3.8, 4) is 0 Å². The molecule has 0 fully saturated rings. The third-order valence-electron chi connectivity index (χ3n) is 4.10. The molecule has 4 heteroatoms. The molecule has 0 N–H and O–H groups in total. The molecule has 0 heterocycles. The average Bonchev–Trinajstić information content (AvgIpc) is 2.54. The predicted molar refractivity (Wildman–Crippen MR) is 96.8 cm³/mol. The van der Waals surface area contributed by atoms with E-state index in [0.717, 1.165) is 31.2 Å². The topological polar surface area (TPSA) is 43.4 Å². The zero-order valence-electron chi connectivity index (χ0n) is 14.7. The second kappa shape index (κ2) is 11.6. The molecule has 1 rings (SSSR count). The van der Waals surface area contributed by atoms with Gasteiger partial charge >= 0.3 is 0 Å². The molecule has 0 aliphatic heterocycles. The van der Waals surface area contributed by atoms with Crippen LogP contribution in [-0.2, 0) is 20.1 Å². The number of benzene rings is 1. The quantitative estimate of drug-likeness (QED) is 0.361. The van der Waals surface area contributed by atoms with Crippen LogP contribution in [0.15, 0.2) is 30.3 Å². The maximum Gasteiger partial charge on any atom is 0.271 e. The van der Waals surface area contributed by atoms with E-state index in [1.807, 2.05) is 30.3 Å². The SMILES string of the molecule is CCCCCCC(CCCC)COS(=O)(=O)Cc1ccccc1. The lowest BCUT2D eigenvalue weighted by Gasteiger charge is -2.16. The first kappa shape index (κ1) is 20.2. The van der Waals surface area contributed by atoms with E-state index >= 15 is 0 Å². The molecule has 1 aromatic rings. The summed E-state index contributed by atoms with van der Waals surface area (Å²) in [6.07, 6.45) is 9.29. The molecule has 1 unspecified atom stereocenters. The summed E-state index contributed by atoms with van der Waals surface area (Å²) in [5, 5.41) is 0. The molecule has 0 aromatic heterocycles. The van der Waals surface area contributed by atoms with Crippen molar-refractivity contribution in [3.63, 3.8) is 0 Å². The standard InChI is InChI=1S/C19H32O3S/c1-3-5-7-9-13-18(12-6-4-2)16-22-23(20,21)17-19-14-10-8-11-15-19/h8,10-11,14-15,18H,3-7,9,12-13,16-17H2,1-2H3. The monoisotopic (exact) mass is 340 g/mol. The summed E-state index contributed by atoms with van der Waals surface area (Å²) in [6.45, 7) is 4.70. The molecule has 3 nitrogen and oxygen atoms in total. The van der Waals surface area contributed by atoms with Crippen LogP contribution in [-0.4, -0.2) is 15.0 Å². The van der Waals surface area contributed by atoms with Crippen molar-refractivity contribution >= 4 is 10.1 Å². The smallest absolute Gasteiger partial charge is 0.270 e. The molecule has 0 aliphatic rings. The summed E-state index contributed by atoms with van der Waals surface area (Å²) in [5.74, 6) is 0.321. The van der Waals surface area contributed by atoms with E-state index < -0.39 is 10.1 Å². The van der Waals surface area contributed by atoms with Crippen molar-refractivity contribution in [2.45, 2.75) is 71.0 Å². The van der Waals surface area contributed by atoms with Gasteiger partial charge in [-0.2, -0.15) is 8.42 Å². The van der Waals surface area contributed by atoms with Crippen LogP contribution in [0.2, 0.25) is 0 Å². The lowest BCUT2D eigenvalue weighted by molar-refractivity contribution is 0.230. The van der Waals surface area contributed by atoms with Crippen LogP contribution in [0.25, 0.3) is 0 Å². The second-order valence-electron chi connectivity index (χ2n) is 6.33. The van der Waals surface area contributed by atoms with Gasteiger partial charge in [-0.05, 0) is 24.3 Å². The van der Waals surface area contributed by atoms with E-state index in [1.54, 1.807) is 0 Å². The van der Waals surface area contributed by atoms with Crippen LogP contribution in [0, 0.1) is 5.92 Å². The van der Waals surface area contributed by atoms with E-state index in [9.17, 15) is 8.42 Å². The third-order valence-corrected chi connectivity index (χ3v) is 5.28. The Balaban J connectivity index is 2.44. The maximum atomic E-state index is 12.1. The minimum absolute atomic E-state index is 0.0375. The van der Waals surface area contributed by atoms with Crippen molar-refractivity contribution in [3.05, 3.63) is 35.9 Å². The fraction of sp³-hybridized carbons (Fsp3) is 0.684. The number of rotatable bonds is 13. The second-order valence-corrected chi connectivity index (χ2v) is 7.97. The molecular formula is C19H32O3S. The van der Waals surface area contributed by atoms with Gasteiger partial charge in [0.1, 0.15) is 5.75 Å². The van der Waals surface area contributed by atoms with Crippen LogP contribution < -0.4 is 0 Å². The first-order valence-corrected chi connectivity index (χ1v) is 10.6. The molecular weight excluding hydrogens is 308 g/mol. The molecule has 0 bridgehead atoms. The van der Waals surface area contributed by atoms with Gasteiger partial charge < -0.3 is 0 Å². The zero-order valence-corrected chi connectivity index (χ0v) is 15.5. The van der Waals surface area contributed by atoms with Crippen molar-refractivity contribution in [2.24, 2.45) is 5.92 Å². The fourth-order valence-corrected chi connectivity index (χ4v) is 3.77. The Morgan fingerprint density at radius 1 is 0.913 bits per heavy atom. The minimum Gasteiger partial charge on any atom is -0.270 e. The first-order chi connectivity index (χ1) is 11.1. The lowest BCUT2D eigenvalue weighted by atomic mass is 9.96. The molecule has 1 atom stereocenters. The predicted octanol–water partition coefficient (Wildman–Crippen LogP) is 5.31. The molecule has 0 saturated heterocycles. The Kier molecular flexibility index (Phi) is 10.2. The van der Waals surface area contributed by atoms with Crippen molar-refractivity contribution in [1.82, 2.24) is 0 Å². The van der Waals surface area contributed by atoms with Gasteiger partial charge in [0.05, 0.1) is 6.61 Å². The van der Waals surface area contributed by atoms with Gasteiger partial charge in [-0.25, -0.2) is 0 Å². The Hall–Kier alpha value is -0.870. The van der Waals surface area contributed by atoms with Gasteiger partial charge in [-0.3, -0.25) is 4.18 Å². The van der Waals surface area contributed by atoms with Crippen LogP contribution in [0.5, 0.6) is 0 Å². The Bertz CT molecular complexity index is 497. The van der Waals surface area contributed by atoms with E-state index in [-0.39, 0.29) is 5.75 Å². The van der Waals surface area contributed by atoms with Crippen molar-refractivity contribution in [2.75, 3.05) is 6.61 Å². The summed E-state index contributed by atoms with van der Waals surface area (Å²) in [4.78, 5) is 0. The lowest BCUT2D eigenvalue weighted by Crippen LogP contribution is -2.16. The van der Waals surface area contributed by atoms with Crippen LogP contribution >= 0.6 is 0 Å². The van der Waals surface area contributed by atoms with Gasteiger partial charge in [-0.15, -0.1) is 0 Å². The van der Waals surface area contributed by atoms with Crippen molar-refractivity contribution in [1.29, 1.82) is 0 Å². The van der Waals surface area contributed by atoms with Crippen molar-refractivity contribution < 1.29 is 12.6 Å². The summed E-state index contributed by atoms with van der Waals surface area (Å²) in [5.41, 5.74) is 0.778. The number of hydrogen-bond acceptors (Lipinski definition) is 3. The Labute approximate surface area is 142 Å². The Morgan fingerprint density at radius 2 is 1.57 bits per heavy atom. The molecule has 23 heavy (non-hydrogen) atoms. The van der Waals surface area contributed by atoms with Gasteiger partial charge in [0.2, 0.25) is 0 Å². The maximum absolute atomic E-state index is 12.1. The van der Waals surface area contributed by atoms with Crippen LogP contribution in [0.3, 0.4) is 0 Å². The van der Waals surface area contributed by atoms with E-state index in [2.05, 4.69) is 13.8 Å². The number of unbranched alkanes of at least 4 members (excludes halogenated alkanes) is 4. The molecule has 0 spiro atoms. The highest BCUT2D eigenvalue weighted by molar-refractivity contribution is 7.85. The highest BCUT2D eigenvalue weighted by Gasteiger charge is 2.16. The van der Waals surface area contributed by atoms with Gasteiger partial charge in [0, 0.05) is 0 Å². The fourth-order valence-electron chi connectivity index (χ4n) is 2.68. The van der Waals surface area contributed by atoms with Gasteiger partial charge in [0.15, 0.2) is 0 Å². The summed E-state index contributed by atoms with van der Waals surface area (Å²) in [6, 6.07) is 9.22. The van der Waals surface area contributed by atoms with Crippen LogP contribution in [0.1, 0.15) is 70.8 Å². The first-order valence-electron chi connectivity index (χ1n) is 8.98. The summed E-state index contributed by atoms with van der Waals surface area (Å²) < 4.78 is 29.6. The Morgan fingerprint density at radius 3 is 2.22 bits per heavy atom.